The number of carboxylic acid groups (broad SMARTS) is 1. The maximum Gasteiger partial charge on any atom is 0.407 e. The minimum atomic E-state index is -0.923. The fourth-order valence-corrected chi connectivity index (χ4v) is 2.70. The maximum absolute atomic E-state index is 13.8. The summed E-state index contributed by atoms with van der Waals surface area (Å²) in [6.45, 7) is 0.851. The highest BCUT2D eigenvalue weighted by molar-refractivity contribution is 6.30. The summed E-state index contributed by atoms with van der Waals surface area (Å²) in [6.07, 6.45) is -0.232. The van der Waals surface area contributed by atoms with Crippen molar-refractivity contribution >= 4 is 29.1 Å². The van der Waals surface area contributed by atoms with Crippen LogP contribution in [0.15, 0.2) is 36.4 Å². The van der Waals surface area contributed by atoms with Crippen LogP contribution in [0.4, 0.5) is 20.6 Å². The second-order valence-electron chi connectivity index (χ2n) is 5.19. The third kappa shape index (κ3) is 2.99. The molecule has 0 unspecified atom stereocenters. The third-order valence-corrected chi connectivity index (χ3v) is 3.93. The highest BCUT2D eigenvalue weighted by atomic mass is 35.5. The van der Waals surface area contributed by atoms with Gasteiger partial charge in [-0.05, 0) is 47.9 Å². The predicted molar refractivity (Wildman–Crippen MR) is 83.3 cm³/mol. The number of nitrogens with one attached hydrogen (secondary N) is 1. The van der Waals surface area contributed by atoms with Crippen molar-refractivity contribution in [2.45, 2.75) is 13.0 Å². The Morgan fingerprint density at radius 1 is 1.23 bits per heavy atom. The van der Waals surface area contributed by atoms with E-state index >= 15 is 0 Å². The predicted octanol–water partition coefficient (Wildman–Crippen LogP) is 4.26. The van der Waals surface area contributed by atoms with Crippen molar-refractivity contribution in [2.75, 3.05) is 11.9 Å². The Labute approximate surface area is 132 Å². The number of amides is 1. The lowest BCUT2D eigenvalue weighted by molar-refractivity contribution is 0.140. The number of nitrogens with zero attached hydrogens (tertiary/aromatic N) is 1. The maximum atomic E-state index is 13.8. The number of halogens is 2. The average Bonchev–Trinajstić information content (AvgIpc) is 2.49. The molecule has 1 heterocycles. The molecule has 0 aromatic heterocycles. The molecule has 2 aromatic rings. The fourth-order valence-electron chi connectivity index (χ4n) is 2.54. The van der Waals surface area contributed by atoms with Gasteiger partial charge < -0.3 is 15.3 Å². The van der Waals surface area contributed by atoms with Crippen LogP contribution in [0.3, 0.4) is 0 Å². The number of anilines is 2. The molecule has 0 aliphatic carbocycles. The van der Waals surface area contributed by atoms with E-state index in [1.54, 1.807) is 12.1 Å². The van der Waals surface area contributed by atoms with Gasteiger partial charge in [-0.25, -0.2) is 9.18 Å². The van der Waals surface area contributed by atoms with E-state index < -0.39 is 11.9 Å². The monoisotopic (exact) mass is 320 g/mol. The van der Waals surface area contributed by atoms with Gasteiger partial charge in [-0.1, -0.05) is 17.7 Å². The number of hydrogen-bond donors (Lipinski definition) is 2. The number of rotatable bonds is 2. The Balaban J connectivity index is 1.84. The molecule has 0 spiro atoms. The molecule has 0 bridgehead atoms. The van der Waals surface area contributed by atoms with Gasteiger partial charge >= 0.3 is 6.09 Å². The topological polar surface area (TPSA) is 52.6 Å². The molecule has 0 radical (unpaired) electrons. The highest BCUT2D eigenvalue weighted by Gasteiger charge is 2.20. The first kappa shape index (κ1) is 14.7. The van der Waals surface area contributed by atoms with Crippen LogP contribution in [0.25, 0.3) is 0 Å². The number of fused-ring (bicyclic) bond motifs is 1. The van der Waals surface area contributed by atoms with Crippen LogP contribution in [-0.2, 0) is 13.0 Å². The lowest BCUT2D eigenvalue weighted by Gasteiger charge is -2.26. The third-order valence-electron chi connectivity index (χ3n) is 3.70. The van der Waals surface area contributed by atoms with Gasteiger partial charge in [0.25, 0.3) is 0 Å². The van der Waals surface area contributed by atoms with E-state index in [1.807, 2.05) is 18.2 Å². The van der Waals surface area contributed by atoms with Crippen LogP contribution >= 0.6 is 11.6 Å². The van der Waals surface area contributed by atoms with Crippen LogP contribution in [0.5, 0.6) is 0 Å². The zero-order valence-electron chi connectivity index (χ0n) is 11.6. The molecular weight excluding hydrogens is 307 g/mol. The molecule has 0 atom stereocenters. The summed E-state index contributed by atoms with van der Waals surface area (Å²) in [7, 11) is 0. The van der Waals surface area contributed by atoms with Crippen LogP contribution < -0.4 is 5.32 Å². The summed E-state index contributed by atoms with van der Waals surface area (Å²) in [5.41, 5.74) is 3.11. The van der Waals surface area contributed by atoms with Crippen LogP contribution in [-0.4, -0.2) is 22.6 Å². The summed E-state index contributed by atoms with van der Waals surface area (Å²) in [5.74, 6) is -0.433. The molecule has 1 amide bonds. The Morgan fingerprint density at radius 2 is 2.05 bits per heavy atom. The lowest BCUT2D eigenvalue weighted by atomic mass is 9.99. The van der Waals surface area contributed by atoms with E-state index in [4.69, 9.17) is 16.7 Å². The largest absolute Gasteiger partial charge is 0.465 e. The molecule has 0 fully saturated rings. The van der Waals surface area contributed by atoms with Gasteiger partial charge in [0.2, 0.25) is 0 Å². The van der Waals surface area contributed by atoms with Crippen molar-refractivity contribution in [2.24, 2.45) is 0 Å². The molecule has 0 saturated carbocycles. The van der Waals surface area contributed by atoms with E-state index in [0.29, 0.717) is 35.9 Å². The SMILES string of the molecule is O=C(O)N1CCc2ccc(Nc3ccc(Cl)cc3F)cc2C1. The van der Waals surface area contributed by atoms with Crippen molar-refractivity contribution in [1.82, 2.24) is 4.90 Å². The summed E-state index contributed by atoms with van der Waals surface area (Å²) in [5, 5.41) is 12.4. The molecular formula is C16H14ClFN2O2. The number of benzene rings is 2. The minimum Gasteiger partial charge on any atom is -0.465 e. The molecule has 22 heavy (non-hydrogen) atoms. The lowest BCUT2D eigenvalue weighted by Crippen LogP contribution is -2.34. The van der Waals surface area contributed by atoms with E-state index in [0.717, 1.165) is 11.1 Å². The standard InChI is InChI=1S/C16H14ClFN2O2/c17-12-2-4-15(14(18)8-12)19-13-3-1-10-5-6-20(16(21)22)9-11(10)7-13/h1-4,7-8,19H,5-6,9H2,(H,21,22). The summed E-state index contributed by atoms with van der Waals surface area (Å²) in [6, 6.07) is 10.1. The summed E-state index contributed by atoms with van der Waals surface area (Å²) < 4.78 is 13.8. The number of hydrogen-bond acceptors (Lipinski definition) is 2. The van der Waals surface area contributed by atoms with Crippen molar-refractivity contribution in [3.63, 3.8) is 0 Å². The Bertz CT molecular complexity index is 736. The van der Waals surface area contributed by atoms with Gasteiger partial charge in [0.15, 0.2) is 0 Å². The van der Waals surface area contributed by atoms with Gasteiger partial charge in [0.05, 0.1) is 5.69 Å². The minimum absolute atomic E-state index is 0.329. The van der Waals surface area contributed by atoms with Gasteiger partial charge in [-0.3, -0.25) is 0 Å². The van der Waals surface area contributed by atoms with Crippen molar-refractivity contribution in [3.05, 3.63) is 58.4 Å². The van der Waals surface area contributed by atoms with Crippen LogP contribution in [0.1, 0.15) is 11.1 Å². The van der Waals surface area contributed by atoms with Gasteiger partial charge in [-0.15, -0.1) is 0 Å². The Kier molecular flexibility index (Phi) is 3.90. The van der Waals surface area contributed by atoms with E-state index in [9.17, 15) is 9.18 Å². The summed E-state index contributed by atoms with van der Waals surface area (Å²) >= 11 is 5.73. The van der Waals surface area contributed by atoms with Crippen molar-refractivity contribution < 1.29 is 14.3 Å². The first-order valence-electron chi connectivity index (χ1n) is 6.84. The van der Waals surface area contributed by atoms with Crippen molar-refractivity contribution in [3.8, 4) is 0 Å². The van der Waals surface area contributed by atoms with E-state index in [1.165, 1.54) is 11.0 Å². The van der Waals surface area contributed by atoms with Crippen LogP contribution in [0, 0.1) is 5.82 Å². The molecule has 114 valence electrons. The van der Waals surface area contributed by atoms with Gasteiger partial charge in [-0.2, -0.15) is 0 Å². The van der Waals surface area contributed by atoms with E-state index in [2.05, 4.69) is 5.32 Å². The zero-order chi connectivity index (χ0) is 15.7. The van der Waals surface area contributed by atoms with E-state index in [-0.39, 0.29) is 0 Å². The molecule has 4 nitrogen and oxygen atoms in total. The smallest absolute Gasteiger partial charge is 0.407 e. The molecule has 1 aliphatic rings. The quantitative estimate of drug-likeness (QED) is 0.869. The molecule has 0 saturated heterocycles. The Morgan fingerprint density at radius 3 is 2.77 bits per heavy atom. The first-order valence-corrected chi connectivity index (χ1v) is 7.22. The second-order valence-corrected chi connectivity index (χ2v) is 5.62. The fraction of sp³-hybridized carbons (Fsp3) is 0.188. The number of carbonyl (C=O) groups is 1. The van der Waals surface area contributed by atoms with Gasteiger partial charge in [0, 0.05) is 23.8 Å². The van der Waals surface area contributed by atoms with Gasteiger partial charge in [0.1, 0.15) is 5.82 Å². The van der Waals surface area contributed by atoms with Crippen molar-refractivity contribution in [1.29, 1.82) is 0 Å². The van der Waals surface area contributed by atoms with Crippen LogP contribution in [0.2, 0.25) is 5.02 Å². The molecule has 6 heteroatoms. The first-order chi connectivity index (χ1) is 10.5. The molecule has 3 rings (SSSR count). The average molecular weight is 321 g/mol. The summed E-state index contributed by atoms with van der Waals surface area (Å²) in [4.78, 5) is 12.4. The second kappa shape index (κ2) is 5.85. The zero-order valence-corrected chi connectivity index (χ0v) is 12.4. The highest BCUT2D eigenvalue weighted by Crippen LogP contribution is 2.27. The molecule has 2 aromatic carbocycles. The normalized spacial score (nSPS) is 13.6. The molecule has 2 N–H and O–H groups in total. The molecule has 1 aliphatic heterocycles. The Hall–Kier alpha value is -2.27.